The minimum atomic E-state index is -3.58. The van der Waals surface area contributed by atoms with Gasteiger partial charge in [-0.25, -0.2) is 22.3 Å². The number of ether oxygens (including phenoxy) is 1. The molecule has 0 bridgehead atoms. The Kier molecular flexibility index (Phi) is 4.61. The number of hydrogen-bond acceptors (Lipinski definition) is 6. The Hall–Kier alpha value is -1.36. The molecule has 1 atom stereocenters. The summed E-state index contributed by atoms with van der Waals surface area (Å²) < 4.78 is 35.3. The largest absolute Gasteiger partial charge is 0.376 e. The van der Waals surface area contributed by atoms with Gasteiger partial charge in [0.2, 0.25) is 10.0 Å². The van der Waals surface area contributed by atoms with E-state index in [4.69, 9.17) is 4.74 Å². The first kappa shape index (κ1) is 17.1. The van der Waals surface area contributed by atoms with Crippen LogP contribution in [0.5, 0.6) is 0 Å². The minimum absolute atomic E-state index is 0.00309. The highest BCUT2D eigenvalue weighted by Crippen LogP contribution is 2.20. The fraction of sp³-hybridized carbons (Fsp3) is 0.600. The van der Waals surface area contributed by atoms with Gasteiger partial charge >= 0.3 is 5.69 Å². The molecule has 2 aliphatic rings. The van der Waals surface area contributed by atoms with Crippen LogP contribution in [0, 0.1) is 0 Å². The van der Waals surface area contributed by atoms with Crippen LogP contribution in [-0.2, 0) is 21.3 Å². The Bertz CT molecular complexity index is 925. The van der Waals surface area contributed by atoms with Crippen LogP contribution >= 0.6 is 11.8 Å². The molecule has 0 unspecified atom stereocenters. The van der Waals surface area contributed by atoms with E-state index in [1.165, 1.54) is 25.7 Å². The molecule has 2 aromatic heterocycles. The molecule has 136 valence electrons. The first-order valence-electron chi connectivity index (χ1n) is 8.34. The van der Waals surface area contributed by atoms with Gasteiger partial charge in [-0.1, -0.05) is 0 Å². The highest BCUT2D eigenvalue weighted by Gasteiger charge is 2.27. The van der Waals surface area contributed by atoms with Crippen molar-refractivity contribution >= 4 is 27.4 Å². The van der Waals surface area contributed by atoms with Gasteiger partial charge in [-0.2, -0.15) is 16.1 Å². The summed E-state index contributed by atoms with van der Waals surface area (Å²) in [5.41, 5.74) is 0.105. The second-order valence-corrected chi connectivity index (χ2v) is 9.37. The van der Waals surface area contributed by atoms with Crippen LogP contribution in [0.25, 0.3) is 5.65 Å². The highest BCUT2D eigenvalue weighted by molar-refractivity contribution is 7.99. The molecule has 0 N–H and O–H groups in total. The zero-order valence-corrected chi connectivity index (χ0v) is 15.3. The van der Waals surface area contributed by atoms with Crippen molar-refractivity contribution < 1.29 is 13.2 Å². The Morgan fingerprint density at radius 3 is 2.80 bits per heavy atom. The third-order valence-electron chi connectivity index (χ3n) is 4.56. The van der Waals surface area contributed by atoms with Gasteiger partial charge in [0.15, 0.2) is 5.65 Å². The molecule has 2 saturated heterocycles. The van der Waals surface area contributed by atoms with E-state index in [1.807, 2.05) is 0 Å². The van der Waals surface area contributed by atoms with Crippen LogP contribution in [-0.4, -0.2) is 64.2 Å². The molecule has 2 aliphatic heterocycles. The van der Waals surface area contributed by atoms with Crippen molar-refractivity contribution in [2.24, 2.45) is 0 Å². The maximum atomic E-state index is 12.8. The molecule has 0 amide bonds. The van der Waals surface area contributed by atoms with E-state index < -0.39 is 10.0 Å². The number of pyridine rings is 1. The monoisotopic (exact) mass is 384 g/mol. The molecule has 2 aromatic rings. The van der Waals surface area contributed by atoms with Crippen molar-refractivity contribution in [1.82, 2.24) is 18.5 Å². The molecule has 0 radical (unpaired) electrons. The molecule has 4 rings (SSSR count). The molecular formula is C15H20N4O4S2. The van der Waals surface area contributed by atoms with E-state index >= 15 is 0 Å². The fourth-order valence-corrected chi connectivity index (χ4v) is 5.76. The Morgan fingerprint density at radius 1 is 1.28 bits per heavy atom. The second kappa shape index (κ2) is 6.75. The highest BCUT2D eigenvalue weighted by atomic mass is 32.2. The van der Waals surface area contributed by atoms with E-state index in [2.05, 4.69) is 5.10 Å². The Balaban J connectivity index is 1.67. The van der Waals surface area contributed by atoms with Gasteiger partial charge in [0, 0.05) is 37.4 Å². The van der Waals surface area contributed by atoms with E-state index in [0.717, 1.165) is 24.3 Å². The van der Waals surface area contributed by atoms with Crippen molar-refractivity contribution in [3.63, 3.8) is 0 Å². The third kappa shape index (κ3) is 3.23. The number of nitrogens with zero attached hydrogens (tertiary/aromatic N) is 4. The van der Waals surface area contributed by atoms with Gasteiger partial charge < -0.3 is 4.74 Å². The van der Waals surface area contributed by atoms with Crippen LogP contribution in [0.15, 0.2) is 28.0 Å². The number of hydrogen-bond donors (Lipinski definition) is 0. The summed E-state index contributed by atoms with van der Waals surface area (Å²) in [6, 6.07) is 3.11. The lowest BCUT2D eigenvalue weighted by Gasteiger charge is -2.25. The fourth-order valence-electron chi connectivity index (χ4n) is 3.19. The van der Waals surface area contributed by atoms with Gasteiger partial charge in [-0.15, -0.1) is 5.10 Å². The SMILES string of the molecule is O=c1n(C[C@@H]2CCCO2)nc2ccc(S(=O)(=O)N3CCSCC3)cn12. The van der Waals surface area contributed by atoms with Crippen LogP contribution < -0.4 is 5.69 Å². The van der Waals surface area contributed by atoms with Crippen LogP contribution in [0.3, 0.4) is 0 Å². The number of rotatable bonds is 4. The number of sulfonamides is 1. The molecule has 10 heteroatoms. The quantitative estimate of drug-likeness (QED) is 0.759. The number of aromatic nitrogens is 3. The predicted molar refractivity (Wildman–Crippen MR) is 94.5 cm³/mol. The van der Waals surface area contributed by atoms with Crippen LogP contribution in [0.4, 0.5) is 0 Å². The van der Waals surface area contributed by atoms with E-state index in [9.17, 15) is 13.2 Å². The zero-order chi connectivity index (χ0) is 17.4. The summed E-state index contributed by atoms with van der Waals surface area (Å²) in [7, 11) is -3.58. The third-order valence-corrected chi connectivity index (χ3v) is 7.38. The van der Waals surface area contributed by atoms with Crippen molar-refractivity contribution in [2.45, 2.75) is 30.4 Å². The zero-order valence-electron chi connectivity index (χ0n) is 13.7. The number of fused-ring (bicyclic) bond motifs is 1. The summed E-state index contributed by atoms with van der Waals surface area (Å²) >= 11 is 1.75. The standard InChI is InChI=1S/C15H20N4O4S2/c20-15-18-11-13(25(21,22)17-5-8-24-9-6-17)3-4-14(18)16-19(15)10-12-2-1-7-23-12/h3-4,11-12H,1-2,5-10H2/t12-/m0/s1. The molecule has 2 fully saturated rings. The maximum absolute atomic E-state index is 12.8. The molecule has 4 heterocycles. The lowest BCUT2D eigenvalue weighted by atomic mass is 10.2. The smallest absolute Gasteiger partial charge is 0.350 e. The molecular weight excluding hydrogens is 364 g/mol. The maximum Gasteiger partial charge on any atom is 0.350 e. The second-order valence-electron chi connectivity index (χ2n) is 6.21. The van der Waals surface area contributed by atoms with Crippen LogP contribution in [0.1, 0.15) is 12.8 Å². The molecule has 25 heavy (non-hydrogen) atoms. The average Bonchev–Trinajstić information content (AvgIpc) is 3.24. The molecule has 0 spiro atoms. The topological polar surface area (TPSA) is 85.9 Å². The predicted octanol–water partition coefficient (Wildman–Crippen LogP) is 0.413. The van der Waals surface area contributed by atoms with Gasteiger partial charge in [0.1, 0.15) is 0 Å². The van der Waals surface area contributed by atoms with Crippen molar-refractivity contribution in [3.8, 4) is 0 Å². The van der Waals surface area contributed by atoms with Crippen molar-refractivity contribution in [1.29, 1.82) is 0 Å². The normalized spacial score (nSPS) is 22.6. The van der Waals surface area contributed by atoms with Gasteiger partial charge in [-0.05, 0) is 25.0 Å². The summed E-state index contributed by atoms with van der Waals surface area (Å²) in [4.78, 5) is 12.7. The molecule has 8 nitrogen and oxygen atoms in total. The first-order valence-corrected chi connectivity index (χ1v) is 10.9. The van der Waals surface area contributed by atoms with Crippen LogP contribution in [0.2, 0.25) is 0 Å². The Morgan fingerprint density at radius 2 is 2.08 bits per heavy atom. The summed E-state index contributed by atoms with van der Waals surface area (Å²) in [6.07, 6.45) is 3.28. The van der Waals surface area contributed by atoms with E-state index in [-0.39, 0.29) is 16.7 Å². The summed E-state index contributed by atoms with van der Waals surface area (Å²) in [5.74, 6) is 1.58. The Labute approximate surface area is 149 Å². The van der Waals surface area contributed by atoms with Gasteiger partial charge in [-0.3, -0.25) is 0 Å². The number of thioether (sulfide) groups is 1. The van der Waals surface area contributed by atoms with Gasteiger partial charge in [0.05, 0.1) is 17.5 Å². The summed E-state index contributed by atoms with van der Waals surface area (Å²) in [5, 5.41) is 4.29. The minimum Gasteiger partial charge on any atom is -0.376 e. The molecule has 0 saturated carbocycles. The van der Waals surface area contributed by atoms with Crippen molar-refractivity contribution in [2.75, 3.05) is 31.2 Å². The van der Waals surface area contributed by atoms with E-state index in [0.29, 0.717) is 31.9 Å². The lowest BCUT2D eigenvalue weighted by molar-refractivity contribution is 0.0931. The molecule has 0 aliphatic carbocycles. The molecule has 0 aromatic carbocycles. The average molecular weight is 384 g/mol. The van der Waals surface area contributed by atoms with Gasteiger partial charge in [0.25, 0.3) is 0 Å². The van der Waals surface area contributed by atoms with E-state index in [1.54, 1.807) is 17.8 Å². The first-order chi connectivity index (χ1) is 12.1. The van der Waals surface area contributed by atoms with Crippen molar-refractivity contribution in [3.05, 3.63) is 28.8 Å². The lowest BCUT2D eigenvalue weighted by Crippen LogP contribution is -2.38. The summed E-state index contributed by atoms with van der Waals surface area (Å²) in [6.45, 7) is 2.10.